The van der Waals surface area contributed by atoms with Gasteiger partial charge in [0.2, 0.25) is 0 Å². The Morgan fingerprint density at radius 2 is 2.17 bits per heavy atom. The molecule has 2 N–H and O–H groups in total. The van der Waals surface area contributed by atoms with Crippen molar-refractivity contribution in [3.8, 4) is 0 Å². The summed E-state index contributed by atoms with van der Waals surface area (Å²) in [5.41, 5.74) is 1.06. The minimum Gasteiger partial charge on any atom is -0.478 e. The van der Waals surface area contributed by atoms with Crippen molar-refractivity contribution in [3.05, 3.63) is 23.4 Å². The molecule has 0 spiro atoms. The molecule has 4 nitrogen and oxygen atoms in total. The Morgan fingerprint density at radius 3 is 2.78 bits per heavy atom. The van der Waals surface area contributed by atoms with Crippen LogP contribution in [0.1, 0.15) is 55.6 Å². The number of nitrogens with zero attached hydrogens (tertiary/aromatic N) is 1. The van der Waals surface area contributed by atoms with Gasteiger partial charge in [-0.3, -0.25) is 0 Å². The molecule has 1 heterocycles. The summed E-state index contributed by atoms with van der Waals surface area (Å²) in [5, 5.41) is 12.3. The van der Waals surface area contributed by atoms with Gasteiger partial charge < -0.3 is 10.4 Å². The van der Waals surface area contributed by atoms with Gasteiger partial charge in [-0.2, -0.15) is 0 Å². The molecule has 0 radical (unpaired) electrons. The fraction of sp³-hybridized carbons (Fsp3) is 0.571. The molecule has 1 aromatic heterocycles. The minimum absolute atomic E-state index is 0.239. The van der Waals surface area contributed by atoms with E-state index in [0.29, 0.717) is 5.82 Å². The first-order valence-electron chi connectivity index (χ1n) is 6.52. The molecule has 0 bridgehead atoms. The summed E-state index contributed by atoms with van der Waals surface area (Å²) >= 11 is 0. The summed E-state index contributed by atoms with van der Waals surface area (Å²) in [6.45, 7) is 6.09. The lowest BCUT2D eigenvalue weighted by Crippen LogP contribution is -2.18. The highest BCUT2D eigenvalue weighted by Gasteiger charge is 2.13. The normalized spacial score (nSPS) is 12.2. The number of aromatic nitrogens is 1. The number of nitrogens with one attached hydrogen (secondary N) is 1. The van der Waals surface area contributed by atoms with Crippen molar-refractivity contribution in [1.82, 2.24) is 4.98 Å². The predicted octanol–water partition coefficient (Wildman–Crippen LogP) is 3.47. The largest absolute Gasteiger partial charge is 0.478 e. The Kier molecular flexibility index (Phi) is 5.62. The Bertz CT molecular complexity index is 405. The monoisotopic (exact) mass is 250 g/mol. The Balaban J connectivity index is 2.70. The molecule has 1 aromatic rings. The number of anilines is 1. The van der Waals surface area contributed by atoms with Crippen LogP contribution in [0.25, 0.3) is 0 Å². The third-order valence-electron chi connectivity index (χ3n) is 2.89. The van der Waals surface area contributed by atoms with Crippen LogP contribution >= 0.6 is 0 Å². The molecule has 1 rings (SSSR count). The summed E-state index contributed by atoms with van der Waals surface area (Å²) < 4.78 is 0. The van der Waals surface area contributed by atoms with E-state index in [1.807, 2.05) is 6.92 Å². The average Bonchev–Trinajstić information content (AvgIpc) is 2.29. The zero-order valence-corrected chi connectivity index (χ0v) is 11.4. The molecule has 1 atom stereocenters. The van der Waals surface area contributed by atoms with E-state index in [0.717, 1.165) is 18.5 Å². The summed E-state index contributed by atoms with van der Waals surface area (Å²) in [5.74, 6) is -0.461. The van der Waals surface area contributed by atoms with Crippen LogP contribution in [0.5, 0.6) is 0 Å². The van der Waals surface area contributed by atoms with Crippen LogP contribution < -0.4 is 5.32 Å². The van der Waals surface area contributed by atoms with Crippen molar-refractivity contribution in [2.75, 3.05) is 5.32 Å². The highest BCUT2D eigenvalue weighted by Crippen LogP contribution is 2.16. The van der Waals surface area contributed by atoms with Crippen LogP contribution in [-0.2, 0) is 0 Å². The van der Waals surface area contributed by atoms with Crippen LogP contribution in [0.3, 0.4) is 0 Å². The first-order valence-corrected chi connectivity index (χ1v) is 6.52. The number of unbranched alkanes of at least 4 members (excludes halogenated alkanes) is 2. The van der Waals surface area contributed by atoms with Crippen LogP contribution in [-0.4, -0.2) is 22.1 Å². The molecule has 0 saturated heterocycles. The highest BCUT2D eigenvalue weighted by atomic mass is 16.4. The van der Waals surface area contributed by atoms with Gasteiger partial charge in [0.15, 0.2) is 0 Å². The fourth-order valence-electron chi connectivity index (χ4n) is 1.85. The standard InChI is InChI=1S/C14H22N2O2/c1-4-5-6-7-10(2)15-13-12(14(17)18)9-8-11(3)16-13/h8-10H,4-7H2,1-3H3,(H,15,16)(H,17,18). The van der Waals surface area contributed by atoms with Crippen LogP contribution in [0.15, 0.2) is 12.1 Å². The Labute approximate surface area is 108 Å². The number of aryl methyl sites for hydroxylation is 1. The number of hydrogen-bond acceptors (Lipinski definition) is 3. The second-order valence-corrected chi connectivity index (χ2v) is 4.70. The number of pyridine rings is 1. The van der Waals surface area contributed by atoms with Crippen molar-refractivity contribution in [1.29, 1.82) is 0 Å². The number of carboxylic acids is 1. The quantitative estimate of drug-likeness (QED) is 0.727. The van der Waals surface area contributed by atoms with E-state index in [4.69, 9.17) is 5.11 Å². The first-order chi connectivity index (χ1) is 8.54. The molecule has 0 saturated carbocycles. The van der Waals surface area contributed by atoms with Crippen molar-refractivity contribution >= 4 is 11.8 Å². The van der Waals surface area contributed by atoms with Crippen molar-refractivity contribution in [2.45, 2.75) is 52.5 Å². The van der Waals surface area contributed by atoms with Crippen LogP contribution in [0, 0.1) is 6.92 Å². The number of carbonyl (C=O) groups is 1. The maximum atomic E-state index is 11.1. The summed E-state index contributed by atoms with van der Waals surface area (Å²) in [6, 6.07) is 3.56. The maximum absolute atomic E-state index is 11.1. The lowest BCUT2D eigenvalue weighted by atomic mass is 10.1. The maximum Gasteiger partial charge on any atom is 0.339 e. The van der Waals surface area contributed by atoms with E-state index in [9.17, 15) is 4.79 Å². The smallest absolute Gasteiger partial charge is 0.339 e. The molecule has 18 heavy (non-hydrogen) atoms. The SMILES string of the molecule is CCCCCC(C)Nc1nc(C)ccc1C(=O)O. The number of rotatable bonds is 7. The Hall–Kier alpha value is -1.58. The molecule has 1 unspecified atom stereocenters. The predicted molar refractivity (Wildman–Crippen MR) is 73.2 cm³/mol. The van der Waals surface area contributed by atoms with E-state index < -0.39 is 5.97 Å². The summed E-state index contributed by atoms with van der Waals surface area (Å²) in [6.07, 6.45) is 4.58. The van der Waals surface area contributed by atoms with Gasteiger partial charge in [-0.1, -0.05) is 26.2 Å². The lowest BCUT2D eigenvalue weighted by molar-refractivity contribution is 0.0697. The van der Waals surface area contributed by atoms with Gasteiger partial charge >= 0.3 is 5.97 Å². The van der Waals surface area contributed by atoms with E-state index in [2.05, 4.69) is 24.1 Å². The van der Waals surface area contributed by atoms with Gasteiger partial charge in [-0.25, -0.2) is 9.78 Å². The van der Waals surface area contributed by atoms with Gasteiger partial charge in [-0.15, -0.1) is 0 Å². The topological polar surface area (TPSA) is 62.2 Å². The molecular weight excluding hydrogens is 228 g/mol. The van der Waals surface area contributed by atoms with Crippen molar-refractivity contribution in [2.24, 2.45) is 0 Å². The molecular formula is C14H22N2O2. The van der Waals surface area contributed by atoms with E-state index >= 15 is 0 Å². The number of hydrogen-bond donors (Lipinski definition) is 2. The molecule has 0 fully saturated rings. The number of carboxylic acid groups (broad SMARTS) is 1. The van der Waals surface area contributed by atoms with Gasteiger partial charge in [0.1, 0.15) is 11.4 Å². The number of aromatic carboxylic acids is 1. The fourth-order valence-corrected chi connectivity index (χ4v) is 1.85. The summed E-state index contributed by atoms with van der Waals surface area (Å²) in [7, 11) is 0. The zero-order chi connectivity index (χ0) is 13.5. The minimum atomic E-state index is -0.939. The molecule has 100 valence electrons. The molecule has 4 heteroatoms. The molecule has 0 amide bonds. The molecule has 0 aliphatic heterocycles. The molecule has 0 aliphatic rings. The van der Waals surface area contributed by atoms with E-state index in [1.54, 1.807) is 12.1 Å². The Morgan fingerprint density at radius 1 is 1.44 bits per heavy atom. The third-order valence-corrected chi connectivity index (χ3v) is 2.89. The van der Waals surface area contributed by atoms with Crippen molar-refractivity contribution < 1.29 is 9.90 Å². The van der Waals surface area contributed by atoms with Crippen LogP contribution in [0.4, 0.5) is 5.82 Å². The lowest BCUT2D eigenvalue weighted by Gasteiger charge is -2.16. The van der Waals surface area contributed by atoms with Crippen molar-refractivity contribution in [3.63, 3.8) is 0 Å². The zero-order valence-electron chi connectivity index (χ0n) is 11.4. The van der Waals surface area contributed by atoms with Crippen LogP contribution in [0.2, 0.25) is 0 Å². The first kappa shape index (κ1) is 14.5. The average molecular weight is 250 g/mol. The summed E-state index contributed by atoms with van der Waals surface area (Å²) in [4.78, 5) is 15.4. The van der Waals surface area contributed by atoms with Gasteiger partial charge in [0.05, 0.1) is 0 Å². The highest BCUT2D eigenvalue weighted by molar-refractivity contribution is 5.93. The van der Waals surface area contributed by atoms with E-state index in [-0.39, 0.29) is 11.6 Å². The van der Waals surface area contributed by atoms with Gasteiger partial charge in [-0.05, 0) is 32.4 Å². The van der Waals surface area contributed by atoms with Gasteiger partial charge in [0.25, 0.3) is 0 Å². The second kappa shape index (κ2) is 6.99. The second-order valence-electron chi connectivity index (χ2n) is 4.70. The third kappa shape index (κ3) is 4.35. The molecule has 0 aromatic carbocycles. The van der Waals surface area contributed by atoms with E-state index in [1.165, 1.54) is 12.8 Å². The van der Waals surface area contributed by atoms with Gasteiger partial charge in [0, 0.05) is 11.7 Å². The molecule has 0 aliphatic carbocycles.